The van der Waals surface area contributed by atoms with Gasteiger partial charge in [-0.3, -0.25) is 9.69 Å². The van der Waals surface area contributed by atoms with Gasteiger partial charge in [0.1, 0.15) is 18.2 Å². The third-order valence-electron chi connectivity index (χ3n) is 4.40. The van der Waals surface area contributed by atoms with E-state index in [1.54, 1.807) is 12.1 Å². The lowest BCUT2D eigenvalue weighted by Crippen LogP contribution is -2.37. The van der Waals surface area contributed by atoms with Crippen LogP contribution in [0.25, 0.3) is 0 Å². The van der Waals surface area contributed by atoms with Gasteiger partial charge in [-0.15, -0.1) is 0 Å². The van der Waals surface area contributed by atoms with Crippen LogP contribution in [0.5, 0.6) is 5.75 Å². The van der Waals surface area contributed by atoms with Crippen molar-refractivity contribution in [2.75, 3.05) is 32.8 Å². The van der Waals surface area contributed by atoms with Crippen LogP contribution in [0.15, 0.2) is 54.6 Å². The molecule has 1 saturated heterocycles. The smallest absolute Gasteiger partial charge is 0.234 e. The van der Waals surface area contributed by atoms with Crippen LogP contribution < -0.4 is 10.1 Å². The average Bonchev–Trinajstić information content (AvgIpc) is 3.08. The van der Waals surface area contributed by atoms with Crippen molar-refractivity contribution in [1.82, 2.24) is 10.2 Å². The largest absolute Gasteiger partial charge is 0.492 e. The molecule has 0 saturated carbocycles. The van der Waals surface area contributed by atoms with Crippen LogP contribution in [0.2, 0.25) is 0 Å². The number of halogens is 1. The van der Waals surface area contributed by atoms with Crippen LogP contribution in [-0.4, -0.2) is 43.6 Å². The van der Waals surface area contributed by atoms with Crippen molar-refractivity contribution < 1.29 is 13.9 Å². The minimum absolute atomic E-state index is 0.00319. The summed E-state index contributed by atoms with van der Waals surface area (Å²) >= 11 is 0. The number of hydrogen-bond donors (Lipinski definition) is 1. The number of rotatable bonds is 7. The Morgan fingerprint density at radius 2 is 2.04 bits per heavy atom. The highest BCUT2D eigenvalue weighted by Gasteiger charge is 2.24. The molecule has 4 nitrogen and oxygen atoms in total. The zero-order valence-corrected chi connectivity index (χ0v) is 14.2. The van der Waals surface area contributed by atoms with Gasteiger partial charge in [0.05, 0.1) is 13.1 Å². The number of carbonyl (C=O) groups is 1. The van der Waals surface area contributed by atoms with E-state index < -0.39 is 0 Å². The van der Waals surface area contributed by atoms with Crippen LogP contribution in [0.3, 0.4) is 0 Å². The Kier molecular flexibility index (Phi) is 6.01. The van der Waals surface area contributed by atoms with Crippen molar-refractivity contribution in [3.8, 4) is 5.75 Å². The highest BCUT2D eigenvalue weighted by atomic mass is 19.1. The molecule has 0 radical (unpaired) electrons. The normalized spacial score (nSPS) is 17.4. The van der Waals surface area contributed by atoms with Gasteiger partial charge in [0.25, 0.3) is 0 Å². The molecule has 1 fully saturated rings. The summed E-state index contributed by atoms with van der Waals surface area (Å²) in [4.78, 5) is 14.2. The zero-order chi connectivity index (χ0) is 17.5. The van der Waals surface area contributed by atoms with E-state index in [0.29, 0.717) is 31.4 Å². The summed E-state index contributed by atoms with van der Waals surface area (Å²) in [5.41, 5.74) is 1.34. The number of amides is 1. The fourth-order valence-electron chi connectivity index (χ4n) is 3.15. The third-order valence-corrected chi connectivity index (χ3v) is 4.40. The molecule has 1 aliphatic rings. The maximum Gasteiger partial charge on any atom is 0.234 e. The van der Waals surface area contributed by atoms with Crippen LogP contribution >= 0.6 is 0 Å². The summed E-state index contributed by atoms with van der Waals surface area (Å²) < 4.78 is 18.4. The second kappa shape index (κ2) is 8.62. The van der Waals surface area contributed by atoms with Gasteiger partial charge in [-0.1, -0.05) is 36.4 Å². The fraction of sp³-hybridized carbons (Fsp3) is 0.350. The van der Waals surface area contributed by atoms with E-state index in [4.69, 9.17) is 4.74 Å². The lowest BCUT2D eigenvalue weighted by molar-refractivity contribution is -0.122. The Bertz CT molecular complexity index is 693. The SMILES string of the molecule is O=C(CN1CC[C@@H](c2ccccc2)C1)NCCOc1cccc(F)c1. The minimum Gasteiger partial charge on any atom is -0.492 e. The van der Waals surface area contributed by atoms with E-state index in [2.05, 4.69) is 34.5 Å². The van der Waals surface area contributed by atoms with E-state index in [1.807, 2.05) is 6.07 Å². The van der Waals surface area contributed by atoms with Crippen LogP contribution in [0, 0.1) is 5.82 Å². The predicted octanol–water partition coefficient (Wildman–Crippen LogP) is 2.81. The maximum atomic E-state index is 13.0. The van der Waals surface area contributed by atoms with Crippen molar-refractivity contribution in [3.05, 3.63) is 66.0 Å². The summed E-state index contributed by atoms with van der Waals surface area (Å²) in [5, 5.41) is 2.85. The van der Waals surface area contributed by atoms with E-state index in [9.17, 15) is 9.18 Å². The standard InChI is InChI=1S/C20H23FN2O2/c21-18-7-4-8-19(13-18)25-12-10-22-20(24)15-23-11-9-17(14-23)16-5-2-1-3-6-16/h1-8,13,17H,9-12,14-15H2,(H,22,24)/t17-/m1/s1. The lowest BCUT2D eigenvalue weighted by atomic mass is 9.99. The van der Waals surface area contributed by atoms with Gasteiger partial charge in [-0.25, -0.2) is 4.39 Å². The number of nitrogens with one attached hydrogen (secondary N) is 1. The third kappa shape index (κ3) is 5.29. The molecule has 25 heavy (non-hydrogen) atoms. The highest BCUT2D eigenvalue weighted by molar-refractivity contribution is 5.78. The molecule has 0 aliphatic carbocycles. The summed E-state index contributed by atoms with van der Waals surface area (Å²) in [6.45, 7) is 2.99. The molecule has 0 unspecified atom stereocenters. The number of ether oxygens (including phenoxy) is 1. The monoisotopic (exact) mass is 342 g/mol. The van der Waals surface area contributed by atoms with E-state index >= 15 is 0 Å². The van der Waals surface area contributed by atoms with Gasteiger partial charge in [0.15, 0.2) is 0 Å². The molecule has 1 amide bonds. The van der Waals surface area contributed by atoms with Crippen LogP contribution in [0.4, 0.5) is 4.39 Å². The molecule has 1 atom stereocenters. The summed E-state index contributed by atoms with van der Waals surface area (Å²) in [7, 11) is 0. The molecule has 1 aliphatic heterocycles. The molecule has 2 aromatic carbocycles. The van der Waals surface area contributed by atoms with Gasteiger partial charge in [0.2, 0.25) is 5.91 Å². The van der Waals surface area contributed by atoms with E-state index in [1.165, 1.54) is 17.7 Å². The lowest BCUT2D eigenvalue weighted by Gasteiger charge is -2.16. The first-order valence-corrected chi connectivity index (χ1v) is 8.63. The number of likely N-dealkylation sites (tertiary alicyclic amines) is 1. The molecular weight excluding hydrogens is 319 g/mol. The Morgan fingerprint density at radius 1 is 1.20 bits per heavy atom. The first-order valence-electron chi connectivity index (χ1n) is 8.63. The molecule has 5 heteroatoms. The predicted molar refractivity (Wildman–Crippen MR) is 95.1 cm³/mol. The van der Waals surface area contributed by atoms with E-state index in [-0.39, 0.29) is 11.7 Å². The molecule has 1 N–H and O–H groups in total. The second-order valence-corrected chi connectivity index (χ2v) is 6.29. The molecule has 0 spiro atoms. The van der Waals surface area contributed by atoms with Crippen molar-refractivity contribution in [1.29, 1.82) is 0 Å². The van der Waals surface area contributed by atoms with Crippen LogP contribution in [-0.2, 0) is 4.79 Å². The number of nitrogens with zero attached hydrogens (tertiary/aromatic N) is 1. The van der Waals surface area contributed by atoms with E-state index in [0.717, 1.165) is 19.5 Å². The molecule has 132 valence electrons. The minimum atomic E-state index is -0.330. The fourth-order valence-corrected chi connectivity index (χ4v) is 3.15. The molecule has 1 heterocycles. The summed E-state index contributed by atoms with van der Waals surface area (Å²) in [5.74, 6) is 0.643. The molecule has 0 aromatic heterocycles. The van der Waals surface area contributed by atoms with Crippen molar-refractivity contribution in [2.24, 2.45) is 0 Å². The average molecular weight is 342 g/mol. The van der Waals surface area contributed by atoms with Gasteiger partial charge in [-0.05, 0) is 36.6 Å². The summed E-state index contributed by atoms with van der Waals surface area (Å²) in [6, 6.07) is 16.4. The number of carbonyl (C=O) groups excluding carboxylic acids is 1. The topological polar surface area (TPSA) is 41.6 Å². The molecular formula is C20H23FN2O2. The van der Waals surface area contributed by atoms with Gasteiger partial charge >= 0.3 is 0 Å². The first-order chi connectivity index (χ1) is 12.2. The Morgan fingerprint density at radius 3 is 2.84 bits per heavy atom. The van der Waals surface area contributed by atoms with Crippen molar-refractivity contribution >= 4 is 5.91 Å². The van der Waals surface area contributed by atoms with Gasteiger partial charge < -0.3 is 10.1 Å². The molecule has 2 aromatic rings. The first kappa shape index (κ1) is 17.4. The maximum absolute atomic E-state index is 13.0. The number of benzene rings is 2. The molecule has 0 bridgehead atoms. The highest BCUT2D eigenvalue weighted by Crippen LogP contribution is 2.26. The van der Waals surface area contributed by atoms with Crippen molar-refractivity contribution in [3.63, 3.8) is 0 Å². The zero-order valence-electron chi connectivity index (χ0n) is 14.2. The second-order valence-electron chi connectivity index (χ2n) is 6.29. The van der Waals surface area contributed by atoms with Gasteiger partial charge in [-0.2, -0.15) is 0 Å². The van der Waals surface area contributed by atoms with Crippen molar-refractivity contribution in [2.45, 2.75) is 12.3 Å². The Labute approximate surface area is 147 Å². The molecule has 3 rings (SSSR count). The Balaban J connectivity index is 1.34. The van der Waals surface area contributed by atoms with Crippen LogP contribution in [0.1, 0.15) is 17.9 Å². The van der Waals surface area contributed by atoms with Gasteiger partial charge in [0, 0.05) is 12.6 Å². The Hall–Kier alpha value is -2.40. The summed E-state index contributed by atoms with van der Waals surface area (Å²) in [6.07, 6.45) is 1.08. The number of hydrogen-bond acceptors (Lipinski definition) is 3. The quantitative estimate of drug-likeness (QED) is 0.787.